The first-order chi connectivity index (χ1) is 17.2. The molecule has 0 aliphatic carbocycles. The van der Waals surface area contributed by atoms with E-state index >= 15 is 0 Å². The van der Waals surface area contributed by atoms with E-state index in [0.29, 0.717) is 11.1 Å². The number of aliphatic hydroxyl groups excluding tert-OH is 1. The Kier molecular flexibility index (Phi) is 5.60. The van der Waals surface area contributed by atoms with Crippen molar-refractivity contribution in [1.29, 1.82) is 0 Å². The molecular weight excluding hydrogens is 485 g/mol. The zero-order chi connectivity index (χ0) is 25.7. The molecule has 4 aromatic rings. The summed E-state index contributed by atoms with van der Waals surface area (Å²) in [6.07, 6.45) is 0. The molecule has 5 rings (SSSR count). The summed E-state index contributed by atoms with van der Waals surface area (Å²) in [5, 5.41) is 22.5. The van der Waals surface area contributed by atoms with E-state index in [4.69, 9.17) is 0 Å². The van der Waals surface area contributed by atoms with Crippen LogP contribution in [0.4, 0.5) is 15.2 Å². The summed E-state index contributed by atoms with van der Waals surface area (Å²) < 4.78 is 14.3. The van der Waals surface area contributed by atoms with Crippen LogP contribution < -0.4 is 4.90 Å². The van der Waals surface area contributed by atoms with Crippen molar-refractivity contribution in [2.75, 3.05) is 4.90 Å². The van der Waals surface area contributed by atoms with Crippen LogP contribution in [0.15, 0.2) is 66.2 Å². The Bertz CT molecular complexity index is 1590. The van der Waals surface area contributed by atoms with E-state index in [1.807, 2.05) is 26.0 Å². The van der Waals surface area contributed by atoms with Crippen LogP contribution in [0.5, 0.6) is 0 Å². The van der Waals surface area contributed by atoms with E-state index in [0.717, 1.165) is 28.0 Å². The number of aliphatic hydroxyl groups is 1. The number of halogens is 1. The van der Waals surface area contributed by atoms with E-state index in [1.165, 1.54) is 52.6 Å². The fourth-order valence-corrected chi connectivity index (χ4v) is 5.52. The molecule has 0 saturated carbocycles. The minimum atomic E-state index is -1.10. The molecule has 1 atom stereocenters. The number of hydrogen-bond donors (Lipinski definition) is 1. The number of Topliss-reactive ketones (excluding diaryl/α,β-unsaturated/α-hetero) is 1. The first-order valence-electron chi connectivity index (χ1n) is 10.8. The molecule has 1 aliphatic rings. The summed E-state index contributed by atoms with van der Waals surface area (Å²) in [5.41, 5.74) is 2.74. The van der Waals surface area contributed by atoms with Gasteiger partial charge in [0.1, 0.15) is 11.6 Å². The van der Waals surface area contributed by atoms with Crippen LogP contribution in [0.2, 0.25) is 0 Å². The first-order valence-corrected chi connectivity index (χ1v) is 11.7. The van der Waals surface area contributed by atoms with Gasteiger partial charge in [-0.2, -0.15) is 0 Å². The molecule has 2 heterocycles. The number of hydrogen-bond acceptors (Lipinski definition) is 7. The molecule has 1 aliphatic heterocycles. The Morgan fingerprint density at radius 2 is 1.75 bits per heavy atom. The highest BCUT2D eigenvalue weighted by molar-refractivity contribution is 7.22. The number of benzene rings is 3. The van der Waals surface area contributed by atoms with Crippen LogP contribution in [0, 0.1) is 29.8 Å². The van der Waals surface area contributed by atoms with Gasteiger partial charge in [-0.15, -0.1) is 0 Å². The number of amides is 1. The second-order valence-corrected chi connectivity index (χ2v) is 9.46. The predicted molar refractivity (Wildman–Crippen MR) is 133 cm³/mol. The predicted octanol–water partition coefficient (Wildman–Crippen LogP) is 5.59. The third-order valence-corrected chi connectivity index (χ3v) is 7.01. The monoisotopic (exact) mass is 503 g/mol. The summed E-state index contributed by atoms with van der Waals surface area (Å²) in [6.45, 7) is 3.84. The molecule has 0 unspecified atom stereocenters. The van der Waals surface area contributed by atoms with E-state index < -0.39 is 34.2 Å². The van der Waals surface area contributed by atoms with Crippen molar-refractivity contribution in [3.8, 4) is 0 Å². The van der Waals surface area contributed by atoms with Crippen LogP contribution in [0.1, 0.15) is 28.3 Å². The highest BCUT2D eigenvalue weighted by atomic mass is 32.1. The molecule has 0 spiro atoms. The SMILES string of the molecule is Cc1cc(C)c2nc(N3C(=O)C(=O)C(=C(O)c4ccc(F)cc4)[C@H]3c3ccc([N+](=O)[O-])cc3)sc2c1. The summed E-state index contributed by atoms with van der Waals surface area (Å²) >= 11 is 1.23. The molecule has 8 nitrogen and oxygen atoms in total. The molecule has 1 saturated heterocycles. The maximum absolute atomic E-state index is 13.5. The smallest absolute Gasteiger partial charge is 0.301 e. The Morgan fingerprint density at radius 1 is 1.08 bits per heavy atom. The van der Waals surface area contributed by atoms with Gasteiger partial charge < -0.3 is 5.11 Å². The van der Waals surface area contributed by atoms with Gasteiger partial charge >= 0.3 is 5.91 Å². The van der Waals surface area contributed by atoms with Crippen LogP contribution in [0.25, 0.3) is 16.0 Å². The van der Waals surface area contributed by atoms with Crippen molar-refractivity contribution in [1.82, 2.24) is 4.98 Å². The summed E-state index contributed by atoms with van der Waals surface area (Å²) in [6, 6.07) is 13.0. The van der Waals surface area contributed by atoms with Gasteiger partial charge in [-0.25, -0.2) is 9.37 Å². The van der Waals surface area contributed by atoms with Gasteiger partial charge in [0, 0.05) is 17.7 Å². The summed E-state index contributed by atoms with van der Waals surface area (Å²) in [7, 11) is 0. The van der Waals surface area contributed by atoms with Crippen LogP contribution >= 0.6 is 11.3 Å². The van der Waals surface area contributed by atoms with Crippen molar-refractivity contribution in [2.45, 2.75) is 19.9 Å². The van der Waals surface area contributed by atoms with Gasteiger partial charge in [0.05, 0.1) is 26.8 Å². The van der Waals surface area contributed by atoms with E-state index in [9.17, 15) is 29.2 Å². The molecule has 0 radical (unpaired) electrons. The van der Waals surface area contributed by atoms with Crippen LogP contribution in [-0.2, 0) is 9.59 Å². The maximum Gasteiger partial charge on any atom is 0.301 e. The molecule has 1 amide bonds. The fourth-order valence-electron chi connectivity index (χ4n) is 4.35. The third kappa shape index (κ3) is 3.81. The Hall–Kier alpha value is -4.44. The lowest BCUT2D eigenvalue weighted by atomic mass is 9.95. The van der Waals surface area contributed by atoms with Gasteiger partial charge in [0.15, 0.2) is 5.13 Å². The number of nitrogens with zero attached hydrogens (tertiary/aromatic N) is 3. The average molecular weight is 504 g/mol. The van der Waals surface area contributed by atoms with Gasteiger partial charge in [0.25, 0.3) is 11.5 Å². The number of carbonyl (C=O) groups excluding carboxylic acids is 2. The molecule has 1 aromatic heterocycles. The van der Waals surface area contributed by atoms with Crippen molar-refractivity contribution in [3.05, 3.63) is 104 Å². The maximum atomic E-state index is 13.5. The third-order valence-electron chi connectivity index (χ3n) is 6.01. The number of non-ortho nitro benzene ring substituents is 1. The molecule has 10 heteroatoms. The van der Waals surface area contributed by atoms with Gasteiger partial charge in [-0.05, 0) is 73.0 Å². The lowest BCUT2D eigenvalue weighted by Gasteiger charge is -2.22. The van der Waals surface area contributed by atoms with Gasteiger partial charge in [-0.1, -0.05) is 17.4 Å². The molecule has 0 bridgehead atoms. The highest BCUT2D eigenvalue weighted by Gasteiger charge is 2.48. The Labute approximate surface area is 208 Å². The molecule has 36 heavy (non-hydrogen) atoms. The number of ketones is 1. The number of nitro benzene ring substituents is 1. The minimum absolute atomic E-state index is 0.150. The molecular formula is C26H18FN3O5S. The molecule has 1 N–H and O–H groups in total. The number of aryl methyl sites for hydroxylation is 2. The van der Waals surface area contributed by atoms with E-state index in [1.54, 1.807) is 0 Å². The molecule has 180 valence electrons. The largest absolute Gasteiger partial charge is 0.507 e. The second-order valence-electron chi connectivity index (χ2n) is 8.45. The minimum Gasteiger partial charge on any atom is -0.507 e. The standard InChI is InChI=1S/C26H18FN3O5S/c1-13-11-14(2)21-19(12-13)36-26(28-21)29-22(15-5-9-18(10-6-15)30(34)35)20(24(32)25(29)33)23(31)16-3-7-17(27)8-4-16/h3-12,22,31H,1-2H3/t22-/m1/s1. The Morgan fingerprint density at radius 3 is 2.39 bits per heavy atom. The Balaban J connectivity index is 1.73. The fraction of sp³-hybridized carbons (Fsp3) is 0.115. The summed E-state index contributed by atoms with van der Waals surface area (Å²) in [4.78, 5) is 43.0. The average Bonchev–Trinajstić information content (AvgIpc) is 3.38. The number of fused-ring (bicyclic) bond motifs is 1. The second kappa shape index (κ2) is 8.65. The van der Waals surface area contributed by atoms with Crippen molar-refractivity contribution < 1.29 is 24.0 Å². The lowest BCUT2D eigenvalue weighted by Crippen LogP contribution is -2.29. The first kappa shape index (κ1) is 23.3. The topological polar surface area (TPSA) is 114 Å². The number of carbonyl (C=O) groups is 2. The highest BCUT2D eigenvalue weighted by Crippen LogP contribution is 2.45. The van der Waals surface area contributed by atoms with E-state index in [-0.39, 0.29) is 22.0 Å². The summed E-state index contributed by atoms with van der Waals surface area (Å²) in [5.74, 6) is -2.84. The quantitative estimate of drug-likeness (QED) is 0.128. The van der Waals surface area contributed by atoms with Crippen molar-refractivity contribution in [3.63, 3.8) is 0 Å². The van der Waals surface area contributed by atoms with Crippen LogP contribution in [0.3, 0.4) is 0 Å². The van der Waals surface area contributed by atoms with Gasteiger partial charge in [-0.3, -0.25) is 24.6 Å². The van der Waals surface area contributed by atoms with Crippen molar-refractivity contribution in [2.24, 2.45) is 0 Å². The zero-order valence-electron chi connectivity index (χ0n) is 19.1. The number of thiazole rings is 1. The zero-order valence-corrected chi connectivity index (χ0v) is 19.9. The normalized spacial score (nSPS) is 17.2. The van der Waals surface area contributed by atoms with E-state index in [2.05, 4.69) is 4.98 Å². The van der Waals surface area contributed by atoms with Crippen LogP contribution in [-0.4, -0.2) is 26.7 Å². The lowest BCUT2D eigenvalue weighted by molar-refractivity contribution is -0.384. The number of nitro groups is 1. The number of anilines is 1. The number of rotatable bonds is 4. The number of aromatic nitrogens is 1. The van der Waals surface area contributed by atoms with Crippen molar-refractivity contribution >= 4 is 49.8 Å². The van der Waals surface area contributed by atoms with Gasteiger partial charge in [0.2, 0.25) is 0 Å². The molecule has 3 aromatic carbocycles. The molecule has 1 fully saturated rings.